The van der Waals surface area contributed by atoms with Gasteiger partial charge < -0.3 is 10.3 Å². The minimum Gasteiger partial charge on any atom is -0.369 e. The number of hydrogen-bond acceptors (Lipinski definition) is 7. The molecule has 0 fully saturated rings. The summed E-state index contributed by atoms with van der Waals surface area (Å²) in [5.74, 6) is 0.337. The lowest BCUT2D eigenvalue weighted by Crippen LogP contribution is -2.17. The van der Waals surface area contributed by atoms with Gasteiger partial charge in [0.05, 0.1) is 10.5 Å². The third-order valence-electron chi connectivity index (χ3n) is 4.18. The van der Waals surface area contributed by atoms with Gasteiger partial charge in [-0.15, -0.1) is 10.2 Å². The Hall–Kier alpha value is -2.59. The molecule has 0 spiro atoms. The minimum atomic E-state index is -4.45. The molecule has 0 bridgehead atoms. The summed E-state index contributed by atoms with van der Waals surface area (Å²) >= 11 is 1.46. The molecule has 1 aliphatic heterocycles. The Morgan fingerprint density at radius 1 is 1.21 bits per heavy atom. The number of carbonyl (C=O) groups is 1. The minimum absolute atomic E-state index is 0.0912. The molecule has 2 aromatic rings. The molecule has 0 unspecified atom stereocenters. The smallest absolute Gasteiger partial charge is 0.369 e. The van der Waals surface area contributed by atoms with Crippen molar-refractivity contribution in [3.8, 4) is 0 Å². The van der Waals surface area contributed by atoms with Crippen molar-refractivity contribution in [2.24, 2.45) is 0 Å². The Morgan fingerprint density at radius 3 is 2.69 bits per heavy atom. The summed E-state index contributed by atoms with van der Waals surface area (Å²) in [7, 11) is 1.89. The van der Waals surface area contributed by atoms with Crippen LogP contribution in [-0.2, 0) is 6.18 Å². The summed E-state index contributed by atoms with van der Waals surface area (Å²) in [6, 6.07) is 8.24. The van der Waals surface area contributed by atoms with Gasteiger partial charge in [-0.05, 0) is 49.1 Å². The predicted octanol–water partition coefficient (Wildman–Crippen LogP) is 4.36. The highest BCUT2D eigenvalue weighted by molar-refractivity contribution is 8.06. The third-order valence-corrected chi connectivity index (χ3v) is 5.09. The summed E-state index contributed by atoms with van der Waals surface area (Å²) in [4.78, 5) is 16.1. The largest absolute Gasteiger partial charge is 0.416 e. The molecule has 0 radical (unpaired) electrons. The van der Waals surface area contributed by atoms with Gasteiger partial charge in [0.15, 0.2) is 5.78 Å². The van der Waals surface area contributed by atoms with Crippen LogP contribution < -0.4 is 10.1 Å². The highest BCUT2D eigenvalue weighted by atomic mass is 32.2. The second-order valence-corrected chi connectivity index (χ2v) is 7.31. The maximum absolute atomic E-state index is 12.7. The molecule has 2 heterocycles. The van der Waals surface area contributed by atoms with Gasteiger partial charge in [0, 0.05) is 31.8 Å². The lowest BCUT2D eigenvalue weighted by Gasteiger charge is -2.08. The van der Waals surface area contributed by atoms with Gasteiger partial charge >= 0.3 is 6.18 Å². The quantitative estimate of drug-likeness (QED) is 0.371. The number of unbranched alkanes of at least 4 members (excludes halogenated alkanes) is 1. The van der Waals surface area contributed by atoms with Gasteiger partial charge in [0.1, 0.15) is 11.5 Å². The zero-order chi connectivity index (χ0) is 20.9. The number of alkyl halides is 3. The number of hydrazine groups is 1. The fourth-order valence-electron chi connectivity index (χ4n) is 2.67. The van der Waals surface area contributed by atoms with Crippen molar-refractivity contribution >= 4 is 28.5 Å². The third kappa shape index (κ3) is 5.94. The van der Waals surface area contributed by atoms with E-state index in [-0.39, 0.29) is 17.8 Å². The zero-order valence-electron chi connectivity index (χ0n) is 15.7. The SMILES string of the molecule is CN1C=C(c2ccc(NCCCCC(=O)c3cccc(C(F)(F)F)c3)nn2)SN1. The number of carbonyl (C=O) groups excluding carboxylic acids is 1. The van der Waals surface area contributed by atoms with Gasteiger partial charge in [-0.3, -0.25) is 4.79 Å². The van der Waals surface area contributed by atoms with Crippen molar-refractivity contribution in [3.63, 3.8) is 0 Å². The summed E-state index contributed by atoms with van der Waals surface area (Å²) in [6.07, 6.45) is -1.09. The molecule has 154 valence electrons. The standard InChI is InChI=1S/C19H20F3N5OS/c1-27-12-17(29-26-27)15-8-9-18(25-24-15)23-10-3-2-7-16(28)13-5-4-6-14(11-13)19(20,21)22/h4-6,8-9,11-12,26H,2-3,7,10H2,1H3,(H,23,25). The van der Waals surface area contributed by atoms with Crippen LogP contribution in [0.5, 0.6) is 0 Å². The number of Topliss-reactive ketones (excluding diaryl/α,β-unsaturated/α-hetero) is 1. The number of nitrogens with zero attached hydrogens (tertiary/aromatic N) is 3. The highest BCUT2D eigenvalue weighted by Crippen LogP contribution is 2.30. The first kappa shape index (κ1) is 21.1. The normalized spacial score (nSPS) is 14.1. The maximum atomic E-state index is 12.7. The van der Waals surface area contributed by atoms with Crippen LogP contribution in [0, 0.1) is 0 Å². The van der Waals surface area contributed by atoms with E-state index in [1.165, 1.54) is 24.1 Å². The molecule has 0 saturated heterocycles. The number of halogens is 3. The second-order valence-electron chi connectivity index (χ2n) is 6.49. The van der Waals surface area contributed by atoms with Crippen molar-refractivity contribution in [1.29, 1.82) is 0 Å². The van der Waals surface area contributed by atoms with Crippen molar-refractivity contribution in [2.75, 3.05) is 18.9 Å². The van der Waals surface area contributed by atoms with E-state index in [1.807, 2.05) is 30.4 Å². The molecule has 2 N–H and O–H groups in total. The van der Waals surface area contributed by atoms with Crippen LogP contribution in [0.15, 0.2) is 42.6 Å². The monoisotopic (exact) mass is 423 g/mol. The molecule has 0 amide bonds. The zero-order valence-corrected chi connectivity index (χ0v) is 16.5. The number of ketones is 1. The lowest BCUT2D eigenvalue weighted by atomic mass is 10.0. The fourth-order valence-corrected chi connectivity index (χ4v) is 3.39. The van der Waals surface area contributed by atoms with Crippen LogP contribution in [0.2, 0.25) is 0 Å². The molecule has 0 atom stereocenters. The number of aromatic nitrogens is 2. The Kier molecular flexibility index (Phi) is 6.75. The summed E-state index contributed by atoms with van der Waals surface area (Å²) in [6.45, 7) is 0.589. The summed E-state index contributed by atoms with van der Waals surface area (Å²) in [5.41, 5.74) is 0.0544. The Morgan fingerprint density at radius 2 is 2.03 bits per heavy atom. The molecule has 0 saturated carbocycles. The van der Waals surface area contributed by atoms with Crippen LogP contribution >= 0.6 is 11.9 Å². The van der Waals surface area contributed by atoms with Crippen LogP contribution in [0.3, 0.4) is 0 Å². The molecule has 3 rings (SSSR count). The molecule has 1 aromatic heterocycles. The van der Waals surface area contributed by atoms with Crippen molar-refractivity contribution < 1.29 is 18.0 Å². The average Bonchev–Trinajstić information content (AvgIpc) is 3.14. The van der Waals surface area contributed by atoms with E-state index in [0.717, 1.165) is 22.7 Å². The average molecular weight is 423 g/mol. The molecule has 1 aromatic carbocycles. The van der Waals surface area contributed by atoms with Crippen LogP contribution in [0.1, 0.15) is 40.9 Å². The molecule has 0 aliphatic carbocycles. The van der Waals surface area contributed by atoms with Crippen LogP contribution in [0.4, 0.5) is 19.0 Å². The molecule has 29 heavy (non-hydrogen) atoms. The predicted molar refractivity (Wildman–Crippen MR) is 107 cm³/mol. The number of benzene rings is 1. The summed E-state index contributed by atoms with van der Waals surface area (Å²) < 4.78 is 38.2. The Balaban J connectivity index is 1.41. The van der Waals surface area contributed by atoms with E-state index in [1.54, 1.807) is 0 Å². The molecule has 6 nitrogen and oxygen atoms in total. The van der Waals surface area contributed by atoms with E-state index < -0.39 is 11.7 Å². The molecular weight excluding hydrogens is 403 g/mol. The van der Waals surface area contributed by atoms with E-state index in [2.05, 4.69) is 20.3 Å². The molecule has 10 heteroatoms. The van der Waals surface area contributed by atoms with E-state index in [0.29, 0.717) is 25.2 Å². The highest BCUT2D eigenvalue weighted by Gasteiger charge is 2.30. The van der Waals surface area contributed by atoms with E-state index in [4.69, 9.17) is 0 Å². The van der Waals surface area contributed by atoms with E-state index in [9.17, 15) is 18.0 Å². The van der Waals surface area contributed by atoms with E-state index >= 15 is 0 Å². The Bertz CT molecular complexity index is 886. The number of anilines is 1. The van der Waals surface area contributed by atoms with Gasteiger partial charge in [-0.1, -0.05) is 12.1 Å². The first-order valence-electron chi connectivity index (χ1n) is 8.98. The van der Waals surface area contributed by atoms with Crippen LogP contribution in [0.25, 0.3) is 4.91 Å². The first-order chi connectivity index (χ1) is 13.8. The Labute approximate surface area is 170 Å². The topological polar surface area (TPSA) is 70.2 Å². The van der Waals surface area contributed by atoms with Gasteiger partial charge in [0.2, 0.25) is 0 Å². The van der Waals surface area contributed by atoms with Crippen molar-refractivity contribution in [1.82, 2.24) is 20.0 Å². The van der Waals surface area contributed by atoms with Gasteiger partial charge in [0.25, 0.3) is 0 Å². The van der Waals surface area contributed by atoms with Crippen molar-refractivity contribution in [3.05, 3.63) is 59.4 Å². The lowest BCUT2D eigenvalue weighted by molar-refractivity contribution is -0.137. The van der Waals surface area contributed by atoms with Crippen molar-refractivity contribution in [2.45, 2.75) is 25.4 Å². The number of nitrogens with one attached hydrogen (secondary N) is 2. The number of rotatable bonds is 8. The maximum Gasteiger partial charge on any atom is 0.416 e. The second kappa shape index (κ2) is 9.27. The molecular formula is C19H20F3N5OS. The summed E-state index contributed by atoms with van der Waals surface area (Å²) in [5, 5.41) is 13.3. The van der Waals surface area contributed by atoms with Gasteiger partial charge in [-0.2, -0.15) is 18.0 Å². The van der Waals surface area contributed by atoms with Crippen LogP contribution in [-0.4, -0.2) is 34.6 Å². The fraction of sp³-hybridized carbons (Fsp3) is 0.316. The molecule has 1 aliphatic rings. The first-order valence-corrected chi connectivity index (χ1v) is 9.80. The van der Waals surface area contributed by atoms with Gasteiger partial charge in [-0.25, -0.2) is 0 Å². The number of hydrogen-bond donors (Lipinski definition) is 2.